The first-order valence-corrected chi connectivity index (χ1v) is 7.00. The Morgan fingerprint density at radius 2 is 2.28 bits per heavy atom. The van der Waals surface area contributed by atoms with Crippen LogP contribution in [0.3, 0.4) is 0 Å². The van der Waals surface area contributed by atoms with Crippen molar-refractivity contribution in [3.63, 3.8) is 0 Å². The standard InChI is InChI=1S/C14H18BrNO2/c1-3-6-16-10(2)4-5-11-7-12(15)14-13(8-11)17-9-18-14/h4-5,7-8,10,16H,3,6,9H2,1-2H3/b5-4+. The molecule has 1 N–H and O–H groups in total. The Morgan fingerprint density at radius 1 is 1.44 bits per heavy atom. The van der Waals surface area contributed by atoms with Gasteiger partial charge in [-0.05, 0) is 53.5 Å². The molecule has 0 spiro atoms. The molecule has 0 radical (unpaired) electrons. The molecule has 4 heteroatoms. The van der Waals surface area contributed by atoms with Crippen LogP contribution in [0.4, 0.5) is 0 Å². The van der Waals surface area contributed by atoms with Gasteiger partial charge in [-0.3, -0.25) is 0 Å². The normalized spacial score (nSPS) is 15.3. The summed E-state index contributed by atoms with van der Waals surface area (Å²) in [6.45, 7) is 5.65. The highest BCUT2D eigenvalue weighted by molar-refractivity contribution is 9.10. The summed E-state index contributed by atoms with van der Waals surface area (Å²) in [5.41, 5.74) is 1.11. The third kappa shape index (κ3) is 3.27. The number of ether oxygens (including phenoxy) is 2. The number of nitrogens with one attached hydrogen (secondary N) is 1. The number of hydrogen-bond donors (Lipinski definition) is 1. The summed E-state index contributed by atoms with van der Waals surface area (Å²) in [4.78, 5) is 0. The number of halogens is 1. The van der Waals surface area contributed by atoms with E-state index in [1.54, 1.807) is 0 Å². The first kappa shape index (κ1) is 13.4. The molecule has 0 bridgehead atoms. The maximum Gasteiger partial charge on any atom is 0.231 e. The third-order valence-electron chi connectivity index (χ3n) is 2.74. The van der Waals surface area contributed by atoms with E-state index in [0.717, 1.165) is 34.5 Å². The first-order valence-electron chi connectivity index (χ1n) is 6.21. The average Bonchev–Trinajstić information content (AvgIpc) is 2.82. The lowest BCUT2D eigenvalue weighted by Gasteiger charge is -2.07. The Bertz CT molecular complexity index is 446. The van der Waals surface area contributed by atoms with Gasteiger partial charge in [-0.2, -0.15) is 0 Å². The van der Waals surface area contributed by atoms with E-state index in [2.05, 4.69) is 47.2 Å². The maximum absolute atomic E-state index is 5.39. The van der Waals surface area contributed by atoms with E-state index in [9.17, 15) is 0 Å². The topological polar surface area (TPSA) is 30.5 Å². The predicted octanol–water partition coefficient (Wildman–Crippen LogP) is 3.58. The summed E-state index contributed by atoms with van der Waals surface area (Å²) in [6, 6.07) is 4.40. The highest BCUT2D eigenvalue weighted by Crippen LogP contribution is 2.40. The molecule has 0 aromatic heterocycles. The average molecular weight is 312 g/mol. The number of benzene rings is 1. The predicted molar refractivity (Wildman–Crippen MR) is 77.1 cm³/mol. The fourth-order valence-electron chi connectivity index (χ4n) is 1.78. The monoisotopic (exact) mass is 311 g/mol. The minimum atomic E-state index is 0.301. The van der Waals surface area contributed by atoms with Gasteiger partial charge in [0.05, 0.1) is 4.47 Å². The number of rotatable bonds is 5. The maximum atomic E-state index is 5.39. The molecule has 0 aliphatic carbocycles. The Kier molecular flexibility index (Phi) is 4.66. The molecule has 0 amide bonds. The summed E-state index contributed by atoms with van der Waals surface area (Å²) in [5.74, 6) is 1.60. The van der Waals surface area contributed by atoms with Crippen molar-refractivity contribution in [1.82, 2.24) is 5.32 Å². The zero-order chi connectivity index (χ0) is 13.0. The molecular weight excluding hydrogens is 294 g/mol. The largest absolute Gasteiger partial charge is 0.454 e. The van der Waals surface area contributed by atoms with Gasteiger partial charge in [0.1, 0.15) is 0 Å². The molecule has 1 unspecified atom stereocenters. The minimum absolute atomic E-state index is 0.301. The molecule has 1 heterocycles. The summed E-state index contributed by atoms with van der Waals surface area (Å²) in [6.07, 6.45) is 5.40. The number of fused-ring (bicyclic) bond motifs is 1. The second-order valence-corrected chi connectivity index (χ2v) is 5.19. The van der Waals surface area contributed by atoms with Crippen molar-refractivity contribution < 1.29 is 9.47 Å². The van der Waals surface area contributed by atoms with Crippen molar-refractivity contribution in [3.05, 3.63) is 28.2 Å². The van der Waals surface area contributed by atoms with Crippen LogP contribution in [0.25, 0.3) is 6.08 Å². The molecule has 1 aliphatic heterocycles. The summed E-state index contributed by atoms with van der Waals surface area (Å²) in [5, 5.41) is 3.42. The van der Waals surface area contributed by atoms with Crippen LogP contribution in [-0.4, -0.2) is 19.4 Å². The van der Waals surface area contributed by atoms with E-state index in [4.69, 9.17) is 9.47 Å². The second kappa shape index (κ2) is 6.25. The zero-order valence-electron chi connectivity index (χ0n) is 10.7. The lowest BCUT2D eigenvalue weighted by Crippen LogP contribution is -2.24. The molecule has 1 aromatic carbocycles. The van der Waals surface area contributed by atoms with E-state index >= 15 is 0 Å². The Balaban J connectivity index is 2.06. The van der Waals surface area contributed by atoms with Crippen molar-refractivity contribution in [2.45, 2.75) is 26.3 Å². The van der Waals surface area contributed by atoms with Gasteiger partial charge in [0, 0.05) is 6.04 Å². The molecule has 0 saturated carbocycles. The lowest BCUT2D eigenvalue weighted by molar-refractivity contribution is 0.173. The van der Waals surface area contributed by atoms with Gasteiger partial charge in [-0.15, -0.1) is 0 Å². The lowest BCUT2D eigenvalue weighted by atomic mass is 10.1. The van der Waals surface area contributed by atoms with Gasteiger partial charge in [0.15, 0.2) is 11.5 Å². The molecule has 3 nitrogen and oxygen atoms in total. The zero-order valence-corrected chi connectivity index (χ0v) is 12.3. The van der Waals surface area contributed by atoms with Crippen molar-refractivity contribution in [1.29, 1.82) is 0 Å². The van der Waals surface area contributed by atoms with Gasteiger partial charge < -0.3 is 14.8 Å². The SMILES string of the molecule is CCCNC(C)/C=C/c1cc(Br)c2c(c1)OCO2. The van der Waals surface area contributed by atoms with Crippen LogP contribution < -0.4 is 14.8 Å². The van der Waals surface area contributed by atoms with E-state index in [0.29, 0.717) is 12.8 Å². The van der Waals surface area contributed by atoms with E-state index in [-0.39, 0.29) is 0 Å². The van der Waals surface area contributed by atoms with Crippen LogP contribution in [0, 0.1) is 0 Å². The molecule has 18 heavy (non-hydrogen) atoms. The highest BCUT2D eigenvalue weighted by atomic mass is 79.9. The van der Waals surface area contributed by atoms with E-state index < -0.39 is 0 Å². The summed E-state index contributed by atoms with van der Waals surface area (Å²) in [7, 11) is 0. The third-order valence-corrected chi connectivity index (χ3v) is 3.33. The van der Waals surface area contributed by atoms with Crippen LogP contribution in [0.1, 0.15) is 25.8 Å². The molecule has 2 rings (SSSR count). The van der Waals surface area contributed by atoms with Gasteiger partial charge >= 0.3 is 0 Å². The van der Waals surface area contributed by atoms with Gasteiger partial charge in [0.25, 0.3) is 0 Å². The van der Waals surface area contributed by atoms with Crippen LogP contribution in [0.15, 0.2) is 22.7 Å². The van der Waals surface area contributed by atoms with Crippen molar-refractivity contribution >= 4 is 22.0 Å². The fourth-order valence-corrected chi connectivity index (χ4v) is 2.35. The van der Waals surface area contributed by atoms with Gasteiger partial charge in [-0.1, -0.05) is 19.1 Å². The van der Waals surface area contributed by atoms with Crippen molar-refractivity contribution in [3.8, 4) is 11.5 Å². The van der Waals surface area contributed by atoms with E-state index in [1.807, 2.05) is 12.1 Å². The molecule has 0 fully saturated rings. The van der Waals surface area contributed by atoms with E-state index in [1.165, 1.54) is 0 Å². The molecule has 1 atom stereocenters. The van der Waals surface area contributed by atoms with Crippen LogP contribution in [-0.2, 0) is 0 Å². The smallest absolute Gasteiger partial charge is 0.231 e. The molecule has 0 saturated heterocycles. The molecule has 98 valence electrons. The summed E-state index contributed by atoms with van der Waals surface area (Å²) < 4.78 is 11.7. The van der Waals surface area contributed by atoms with Gasteiger partial charge in [0.2, 0.25) is 6.79 Å². The Hall–Kier alpha value is -1.00. The minimum Gasteiger partial charge on any atom is -0.454 e. The van der Waals surface area contributed by atoms with Crippen LogP contribution in [0.2, 0.25) is 0 Å². The summed E-state index contributed by atoms with van der Waals surface area (Å²) >= 11 is 3.49. The van der Waals surface area contributed by atoms with Crippen molar-refractivity contribution in [2.24, 2.45) is 0 Å². The Labute approximate surface area is 116 Å². The Morgan fingerprint density at radius 3 is 3.06 bits per heavy atom. The first-order chi connectivity index (χ1) is 8.70. The molecule has 1 aliphatic rings. The fraction of sp³-hybridized carbons (Fsp3) is 0.429. The van der Waals surface area contributed by atoms with Gasteiger partial charge in [-0.25, -0.2) is 0 Å². The van der Waals surface area contributed by atoms with Crippen LogP contribution in [0.5, 0.6) is 11.5 Å². The second-order valence-electron chi connectivity index (χ2n) is 4.34. The number of hydrogen-bond acceptors (Lipinski definition) is 3. The van der Waals surface area contributed by atoms with Crippen LogP contribution >= 0.6 is 15.9 Å². The molecular formula is C14H18BrNO2. The quantitative estimate of drug-likeness (QED) is 0.901. The van der Waals surface area contributed by atoms with Crippen molar-refractivity contribution in [2.75, 3.05) is 13.3 Å². The highest BCUT2D eigenvalue weighted by Gasteiger charge is 2.17. The molecule has 1 aromatic rings.